The lowest BCUT2D eigenvalue weighted by atomic mass is 9.63. The summed E-state index contributed by atoms with van der Waals surface area (Å²) < 4.78 is 6.20. The van der Waals surface area contributed by atoms with Gasteiger partial charge in [0.2, 0.25) is 0 Å². The van der Waals surface area contributed by atoms with E-state index in [2.05, 4.69) is 39.8 Å². The second-order valence-electron chi connectivity index (χ2n) is 9.87. The van der Waals surface area contributed by atoms with Crippen LogP contribution in [-0.4, -0.2) is 10.8 Å². The van der Waals surface area contributed by atoms with E-state index in [9.17, 15) is 4.79 Å². The molecule has 3 heteroatoms. The van der Waals surface area contributed by atoms with Crippen LogP contribution in [0.5, 0.6) is 5.75 Å². The minimum absolute atomic E-state index is 0.242. The van der Waals surface area contributed by atoms with Crippen LogP contribution in [0.15, 0.2) is 54.6 Å². The smallest absolute Gasteiger partial charge is 0.169 e. The molecule has 0 saturated carbocycles. The molecule has 0 amide bonds. The lowest BCUT2D eigenvalue weighted by molar-refractivity contribution is 0.0653. The molecule has 0 atom stereocenters. The third kappa shape index (κ3) is 4.51. The maximum Gasteiger partial charge on any atom is 0.169 e. The molecule has 0 N–H and O–H groups in total. The summed E-state index contributed by atoms with van der Waals surface area (Å²) in [4.78, 5) is 18.4. The highest BCUT2D eigenvalue weighted by atomic mass is 16.5. The number of nitrogens with zero attached hydrogens (tertiary/aromatic N) is 1. The molecule has 162 valence electrons. The van der Waals surface area contributed by atoms with E-state index < -0.39 is 0 Å². The zero-order valence-electron chi connectivity index (χ0n) is 19.2. The molecule has 2 aromatic carbocycles. The summed E-state index contributed by atoms with van der Waals surface area (Å²) in [6, 6.07) is 18.1. The number of carbonyl (C=O) groups is 1. The molecule has 4 rings (SSSR count). The number of hydrogen-bond donors (Lipinski definition) is 0. The molecule has 0 spiro atoms. The van der Waals surface area contributed by atoms with Crippen molar-refractivity contribution in [3.05, 3.63) is 71.4 Å². The predicted octanol–water partition coefficient (Wildman–Crippen LogP) is 7.02. The summed E-state index contributed by atoms with van der Waals surface area (Å²) in [6.45, 7) is 9.29. The van der Waals surface area contributed by atoms with Crippen molar-refractivity contribution in [2.45, 2.75) is 60.0 Å². The second-order valence-corrected chi connectivity index (χ2v) is 9.87. The third-order valence-corrected chi connectivity index (χ3v) is 6.34. The van der Waals surface area contributed by atoms with Crippen molar-refractivity contribution in [1.82, 2.24) is 4.98 Å². The van der Waals surface area contributed by atoms with Crippen LogP contribution in [0.4, 0.5) is 0 Å². The Balaban J connectivity index is 1.58. The summed E-state index contributed by atoms with van der Waals surface area (Å²) >= 11 is 0. The molecular formula is C28H33NO2. The first-order valence-corrected chi connectivity index (χ1v) is 11.5. The lowest BCUT2D eigenvalue weighted by Crippen LogP contribution is -2.38. The monoisotopic (exact) mass is 415 g/mol. The third-order valence-electron chi connectivity index (χ3n) is 6.34. The van der Waals surface area contributed by atoms with E-state index in [1.807, 2.05) is 42.5 Å². The number of ketones is 1. The van der Waals surface area contributed by atoms with Crippen LogP contribution in [0.2, 0.25) is 0 Å². The van der Waals surface area contributed by atoms with E-state index >= 15 is 0 Å². The van der Waals surface area contributed by atoms with E-state index in [-0.39, 0.29) is 5.41 Å². The highest BCUT2D eigenvalue weighted by Crippen LogP contribution is 2.46. The number of aromatic nitrogens is 1. The average molecular weight is 416 g/mol. The zero-order valence-corrected chi connectivity index (χ0v) is 19.2. The lowest BCUT2D eigenvalue weighted by Gasteiger charge is -2.39. The van der Waals surface area contributed by atoms with Gasteiger partial charge in [0.1, 0.15) is 12.4 Å². The molecule has 1 heterocycles. The van der Waals surface area contributed by atoms with E-state index in [1.165, 1.54) is 0 Å². The van der Waals surface area contributed by atoms with Crippen LogP contribution in [0.1, 0.15) is 68.6 Å². The number of fused-ring (bicyclic) bond motifs is 2. The summed E-state index contributed by atoms with van der Waals surface area (Å²) in [5.41, 5.74) is 3.55. The molecule has 1 aliphatic rings. The van der Waals surface area contributed by atoms with Crippen molar-refractivity contribution in [2.24, 2.45) is 17.3 Å². The molecule has 3 nitrogen and oxygen atoms in total. The second kappa shape index (κ2) is 8.82. The fraction of sp³-hybridized carbons (Fsp3) is 0.429. The Labute approximate surface area is 185 Å². The van der Waals surface area contributed by atoms with Gasteiger partial charge in [-0.15, -0.1) is 0 Å². The van der Waals surface area contributed by atoms with Gasteiger partial charge in [0.15, 0.2) is 5.78 Å². The van der Waals surface area contributed by atoms with Gasteiger partial charge < -0.3 is 4.74 Å². The normalized spacial score (nSPS) is 15.5. The van der Waals surface area contributed by atoms with Gasteiger partial charge in [-0.1, -0.05) is 64.1 Å². The van der Waals surface area contributed by atoms with Gasteiger partial charge >= 0.3 is 0 Å². The van der Waals surface area contributed by atoms with Gasteiger partial charge in [-0.2, -0.15) is 0 Å². The number of hydrogen-bond acceptors (Lipinski definition) is 3. The number of ether oxygens (including phenoxy) is 1. The van der Waals surface area contributed by atoms with Crippen LogP contribution in [-0.2, 0) is 13.0 Å². The molecule has 0 unspecified atom stereocenters. The van der Waals surface area contributed by atoms with Crippen molar-refractivity contribution in [3.63, 3.8) is 0 Å². The number of carbonyl (C=O) groups excluding carboxylic acids is 1. The van der Waals surface area contributed by atoms with Crippen molar-refractivity contribution < 1.29 is 9.53 Å². The molecule has 1 aromatic heterocycles. The Hall–Kier alpha value is -2.68. The molecule has 1 aliphatic carbocycles. The fourth-order valence-electron chi connectivity index (χ4n) is 5.31. The standard InChI is InChI=1S/C28H33NO2/c1-19(2)16-28(17-20(3)4)15-14-23-24(27(28)30)9-7-11-26(23)31-18-22-13-12-21-8-5-6-10-25(21)29-22/h5-13,19-20H,14-18H2,1-4H3. The highest BCUT2D eigenvalue weighted by molar-refractivity contribution is 6.03. The Morgan fingerprint density at radius 3 is 2.42 bits per heavy atom. The Kier molecular flexibility index (Phi) is 6.13. The average Bonchev–Trinajstić information content (AvgIpc) is 2.74. The first-order chi connectivity index (χ1) is 14.9. The first kappa shape index (κ1) is 21.5. The first-order valence-electron chi connectivity index (χ1n) is 11.5. The van der Waals surface area contributed by atoms with Gasteiger partial charge in [0.25, 0.3) is 0 Å². The maximum atomic E-state index is 13.7. The molecule has 0 radical (unpaired) electrons. The quantitative estimate of drug-likeness (QED) is 0.416. The molecule has 0 saturated heterocycles. The molecule has 0 bridgehead atoms. The molecule has 31 heavy (non-hydrogen) atoms. The van der Waals surface area contributed by atoms with E-state index in [0.29, 0.717) is 24.2 Å². The van der Waals surface area contributed by atoms with Crippen LogP contribution < -0.4 is 4.74 Å². The van der Waals surface area contributed by atoms with Crippen molar-refractivity contribution in [3.8, 4) is 5.75 Å². The topological polar surface area (TPSA) is 39.2 Å². The Morgan fingerprint density at radius 2 is 1.68 bits per heavy atom. The van der Waals surface area contributed by atoms with Gasteiger partial charge in [0, 0.05) is 21.9 Å². The number of para-hydroxylation sites is 1. The van der Waals surface area contributed by atoms with Crippen molar-refractivity contribution in [2.75, 3.05) is 0 Å². The zero-order chi connectivity index (χ0) is 22.0. The Morgan fingerprint density at radius 1 is 0.935 bits per heavy atom. The maximum absolute atomic E-state index is 13.7. The number of benzene rings is 2. The number of Topliss-reactive ketones (excluding diaryl/α,β-unsaturated/α-hetero) is 1. The van der Waals surface area contributed by atoms with E-state index in [4.69, 9.17) is 9.72 Å². The van der Waals surface area contributed by atoms with Gasteiger partial charge in [-0.05, 0) is 55.7 Å². The largest absolute Gasteiger partial charge is 0.487 e. The van der Waals surface area contributed by atoms with Crippen LogP contribution >= 0.6 is 0 Å². The van der Waals surface area contributed by atoms with Gasteiger partial charge in [-0.25, -0.2) is 4.98 Å². The summed E-state index contributed by atoms with van der Waals surface area (Å²) in [5, 5.41) is 1.13. The van der Waals surface area contributed by atoms with Gasteiger partial charge in [0.05, 0.1) is 11.2 Å². The summed E-state index contributed by atoms with van der Waals surface area (Å²) in [7, 11) is 0. The molecule has 0 aliphatic heterocycles. The molecule has 3 aromatic rings. The fourth-order valence-corrected chi connectivity index (χ4v) is 5.31. The minimum atomic E-state index is -0.242. The van der Waals surface area contributed by atoms with Crippen LogP contribution in [0, 0.1) is 17.3 Å². The molecule has 0 fully saturated rings. The highest BCUT2D eigenvalue weighted by Gasteiger charge is 2.43. The van der Waals surface area contributed by atoms with Crippen molar-refractivity contribution >= 4 is 16.7 Å². The minimum Gasteiger partial charge on any atom is -0.487 e. The number of rotatable bonds is 7. The van der Waals surface area contributed by atoms with E-state index in [0.717, 1.165) is 59.2 Å². The van der Waals surface area contributed by atoms with Crippen LogP contribution in [0.25, 0.3) is 10.9 Å². The SMILES string of the molecule is CC(C)CC1(CC(C)C)CCc2c(OCc3ccc4ccccc4n3)cccc2C1=O. The van der Waals surface area contributed by atoms with Crippen molar-refractivity contribution in [1.29, 1.82) is 0 Å². The Bertz CT molecular complexity index is 1070. The van der Waals surface area contributed by atoms with Gasteiger partial charge in [-0.3, -0.25) is 4.79 Å². The van der Waals surface area contributed by atoms with Crippen LogP contribution in [0.3, 0.4) is 0 Å². The predicted molar refractivity (Wildman–Crippen MR) is 127 cm³/mol. The van der Waals surface area contributed by atoms with E-state index in [1.54, 1.807) is 0 Å². The molecular weight excluding hydrogens is 382 g/mol. The summed E-state index contributed by atoms with van der Waals surface area (Å²) in [6.07, 6.45) is 3.71. The summed E-state index contributed by atoms with van der Waals surface area (Å²) in [5.74, 6) is 2.14. The number of pyridine rings is 1.